The van der Waals surface area contributed by atoms with E-state index in [1.165, 1.54) is 32.1 Å². The van der Waals surface area contributed by atoms with Crippen molar-refractivity contribution in [1.82, 2.24) is 5.32 Å². The van der Waals surface area contributed by atoms with E-state index in [1.807, 2.05) is 0 Å². The molecule has 0 bridgehead atoms. The van der Waals surface area contributed by atoms with Crippen molar-refractivity contribution >= 4 is 17.9 Å². The number of guanidine groups is 1. The molecular formula is C18H38N4O4. The number of ether oxygens (including phenoxy) is 1. The molecule has 8 heteroatoms. The summed E-state index contributed by atoms with van der Waals surface area (Å²) >= 11 is 0. The van der Waals surface area contributed by atoms with Crippen molar-refractivity contribution in [3.8, 4) is 0 Å². The van der Waals surface area contributed by atoms with Gasteiger partial charge in [0.05, 0.1) is 6.61 Å². The molecule has 0 aromatic heterocycles. The van der Waals surface area contributed by atoms with Gasteiger partial charge in [0.1, 0.15) is 6.04 Å². The number of hydrogen-bond acceptors (Lipinski definition) is 5. The van der Waals surface area contributed by atoms with E-state index in [2.05, 4.69) is 12.2 Å². The third-order valence-corrected chi connectivity index (χ3v) is 3.59. The van der Waals surface area contributed by atoms with Gasteiger partial charge in [0, 0.05) is 13.0 Å². The third kappa shape index (κ3) is 22.2. The van der Waals surface area contributed by atoms with Crippen LogP contribution in [-0.2, 0) is 14.3 Å². The third-order valence-electron chi connectivity index (χ3n) is 3.59. The Morgan fingerprint density at radius 1 is 1.08 bits per heavy atom. The maximum Gasteiger partial charge on any atom is 0.322 e. The number of esters is 1. The lowest BCUT2D eigenvalue weighted by Gasteiger charge is -2.10. The predicted molar refractivity (Wildman–Crippen MR) is 104 cm³/mol. The molecule has 0 radical (unpaired) electrons. The van der Waals surface area contributed by atoms with Crippen molar-refractivity contribution in [2.75, 3.05) is 13.2 Å². The van der Waals surface area contributed by atoms with Crippen LogP contribution in [0.2, 0.25) is 0 Å². The van der Waals surface area contributed by atoms with Crippen LogP contribution in [0.1, 0.15) is 78.1 Å². The minimum absolute atomic E-state index is 0.0743. The summed E-state index contributed by atoms with van der Waals surface area (Å²) in [6.07, 6.45) is 9.85. The summed E-state index contributed by atoms with van der Waals surface area (Å²) in [5.74, 6) is -1.12. The molecule has 0 aliphatic rings. The molecule has 0 unspecified atom stereocenters. The summed E-state index contributed by atoms with van der Waals surface area (Å²) < 4.78 is 4.73. The molecule has 7 N–H and O–H groups in total. The van der Waals surface area contributed by atoms with Gasteiger partial charge in [-0.25, -0.2) is 0 Å². The van der Waals surface area contributed by atoms with Crippen molar-refractivity contribution in [2.24, 2.45) is 11.5 Å². The summed E-state index contributed by atoms with van der Waals surface area (Å²) in [4.78, 5) is 21.2. The van der Waals surface area contributed by atoms with Crippen LogP contribution >= 0.6 is 0 Å². The Morgan fingerprint density at radius 2 is 1.65 bits per heavy atom. The number of carboxylic acids is 1. The molecule has 0 fully saturated rings. The number of rotatable bonds is 14. The van der Waals surface area contributed by atoms with Crippen LogP contribution in [0, 0.1) is 5.41 Å². The second-order valence-corrected chi connectivity index (χ2v) is 6.11. The highest BCUT2D eigenvalue weighted by Gasteiger charge is 2.13. The van der Waals surface area contributed by atoms with E-state index in [0.717, 1.165) is 12.8 Å². The first-order chi connectivity index (χ1) is 12.3. The number of nitrogens with one attached hydrogen (secondary N) is 2. The summed E-state index contributed by atoms with van der Waals surface area (Å²) in [7, 11) is 0. The van der Waals surface area contributed by atoms with Crippen LogP contribution in [-0.4, -0.2) is 42.2 Å². The Balaban J connectivity index is 0. The summed E-state index contributed by atoms with van der Waals surface area (Å²) in [5, 5.41) is 17.9. The molecule has 8 nitrogen and oxygen atoms in total. The van der Waals surface area contributed by atoms with Crippen LogP contribution in [0.3, 0.4) is 0 Å². The van der Waals surface area contributed by atoms with E-state index >= 15 is 0 Å². The van der Waals surface area contributed by atoms with E-state index in [-0.39, 0.29) is 11.9 Å². The first-order valence-electron chi connectivity index (χ1n) is 9.56. The first-order valence-corrected chi connectivity index (χ1v) is 9.56. The van der Waals surface area contributed by atoms with Crippen molar-refractivity contribution in [3.05, 3.63) is 0 Å². The van der Waals surface area contributed by atoms with Crippen LogP contribution in [0.4, 0.5) is 0 Å². The molecule has 0 heterocycles. The van der Waals surface area contributed by atoms with Gasteiger partial charge in [0.25, 0.3) is 0 Å². The second kappa shape index (κ2) is 19.5. The maximum atomic E-state index is 11.0. The standard InChI is InChI=1S/C10H20O2.C8H18N4O2/c1-2-3-4-5-6-7-8-9-10(11)12;1-2-14-7(13)6(9)4-3-5-12-8(10)11/h2-9H2,1H3,(H,11,12);6H,2-5,9H2,1H3,(H4,10,11,12)/t;6-/m.0/s1. The first kappa shape index (κ1) is 26.4. The zero-order valence-electron chi connectivity index (χ0n) is 16.4. The lowest BCUT2D eigenvalue weighted by molar-refractivity contribution is -0.144. The fourth-order valence-corrected chi connectivity index (χ4v) is 2.15. The molecule has 0 saturated carbocycles. The normalized spacial score (nSPS) is 11.0. The van der Waals surface area contributed by atoms with Gasteiger partial charge in [-0.05, 0) is 26.2 Å². The fraction of sp³-hybridized carbons (Fsp3) is 0.833. The van der Waals surface area contributed by atoms with Crippen molar-refractivity contribution in [2.45, 2.75) is 84.1 Å². The Bertz CT molecular complexity index is 378. The van der Waals surface area contributed by atoms with Crippen LogP contribution < -0.4 is 16.8 Å². The van der Waals surface area contributed by atoms with E-state index in [0.29, 0.717) is 32.4 Å². The summed E-state index contributed by atoms with van der Waals surface area (Å²) in [6, 6.07) is -0.580. The monoisotopic (exact) mass is 374 g/mol. The maximum absolute atomic E-state index is 11.0. The van der Waals surface area contributed by atoms with Crippen LogP contribution in [0.25, 0.3) is 0 Å². The number of carbonyl (C=O) groups excluding carboxylic acids is 1. The number of aliphatic carboxylic acids is 1. The lowest BCUT2D eigenvalue weighted by Crippen LogP contribution is -2.35. The SMILES string of the molecule is CCCCCCCCCC(=O)O.CCOC(=O)[C@@H](N)CCCNC(=N)N. The van der Waals surface area contributed by atoms with Crippen molar-refractivity contribution in [3.63, 3.8) is 0 Å². The van der Waals surface area contributed by atoms with Gasteiger partial charge in [-0.15, -0.1) is 0 Å². The number of nitrogens with two attached hydrogens (primary N) is 2. The number of hydrogen-bond donors (Lipinski definition) is 5. The number of carboxylic acid groups (broad SMARTS) is 1. The molecule has 154 valence electrons. The molecule has 26 heavy (non-hydrogen) atoms. The topological polar surface area (TPSA) is 152 Å². The molecule has 0 aliphatic heterocycles. The number of carbonyl (C=O) groups is 2. The van der Waals surface area contributed by atoms with Crippen LogP contribution in [0.15, 0.2) is 0 Å². The minimum atomic E-state index is -0.663. The Morgan fingerprint density at radius 3 is 2.15 bits per heavy atom. The Labute approximate surface area is 157 Å². The zero-order valence-corrected chi connectivity index (χ0v) is 16.4. The molecule has 0 aliphatic carbocycles. The quantitative estimate of drug-likeness (QED) is 0.135. The fourth-order valence-electron chi connectivity index (χ4n) is 2.15. The van der Waals surface area contributed by atoms with Gasteiger partial charge < -0.3 is 26.6 Å². The summed E-state index contributed by atoms with van der Waals surface area (Å²) in [6.45, 7) is 4.83. The molecular weight excluding hydrogens is 336 g/mol. The second-order valence-electron chi connectivity index (χ2n) is 6.11. The van der Waals surface area contributed by atoms with E-state index in [9.17, 15) is 9.59 Å². The average Bonchev–Trinajstić information content (AvgIpc) is 2.58. The zero-order chi connectivity index (χ0) is 20.2. The minimum Gasteiger partial charge on any atom is -0.481 e. The average molecular weight is 375 g/mol. The summed E-state index contributed by atoms with van der Waals surface area (Å²) in [5.41, 5.74) is 10.6. The van der Waals surface area contributed by atoms with Crippen molar-refractivity contribution < 1.29 is 19.4 Å². The lowest BCUT2D eigenvalue weighted by atomic mass is 10.1. The van der Waals surface area contributed by atoms with Crippen LogP contribution in [0.5, 0.6) is 0 Å². The van der Waals surface area contributed by atoms with E-state index in [4.69, 9.17) is 26.7 Å². The molecule has 0 aromatic carbocycles. The molecule has 0 saturated heterocycles. The Kier molecular flexibility index (Phi) is 19.8. The van der Waals surface area contributed by atoms with Gasteiger partial charge in [-0.3, -0.25) is 15.0 Å². The molecule has 0 rings (SSSR count). The molecule has 1 atom stereocenters. The smallest absolute Gasteiger partial charge is 0.322 e. The van der Waals surface area contributed by atoms with E-state index in [1.54, 1.807) is 6.92 Å². The van der Waals surface area contributed by atoms with Gasteiger partial charge in [-0.1, -0.05) is 45.4 Å². The van der Waals surface area contributed by atoms with Gasteiger partial charge >= 0.3 is 11.9 Å². The highest BCUT2D eigenvalue weighted by atomic mass is 16.5. The molecule has 0 aromatic rings. The Hall–Kier alpha value is -1.83. The highest BCUT2D eigenvalue weighted by Crippen LogP contribution is 2.07. The molecule has 0 spiro atoms. The van der Waals surface area contributed by atoms with E-state index < -0.39 is 12.0 Å². The van der Waals surface area contributed by atoms with Gasteiger partial charge in [0.15, 0.2) is 5.96 Å². The number of unbranched alkanes of at least 4 members (excludes halogenated alkanes) is 6. The van der Waals surface area contributed by atoms with Gasteiger partial charge in [0.2, 0.25) is 0 Å². The largest absolute Gasteiger partial charge is 0.481 e. The molecule has 0 amide bonds. The predicted octanol–water partition coefficient (Wildman–Crippen LogP) is 2.35. The highest BCUT2D eigenvalue weighted by molar-refractivity contribution is 5.75. The van der Waals surface area contributed by atoms with Crippen molar-refractivity contribution in [1.29, 1.82) is 5.41 Å². The van der Waals surface area contributed by atoms with Gasteiger partial charge in [-0.2, -0.15) is 0 Å².